The van der Waals surface area contributed by atoms with Gasteiger partial charge in [0.05, 0.1) is 24.9 Å². The maximum absolute atomic E-state index is 13.0. The summed E-state index contributed by atoms with van der Waals surface area (Å²) < 4.78 is 14.7. The summed E-state index contributed by atoms with van der Waals surface area (Å²) in [4.78, 5) is 17.8. The van der Waals surface area contributed by atoms with Gasteiger partial charge in [0.1, 0.15) is 34.8 Å². The van der Waals surface area contributed by atoms with Crippen LogP contribution >= 0.6 is 11.6 Å². The lowest BCUT2D eigenvalue weighted by atomic mass is 9.99. The van der Waals surface area contributed by atoms with E-state index >= 15 is 0 Å². The van der Waals surface area contributed by atoms with Gasteiger partial charge >= 0.3 is 0 Å². The smallest absolute Gasteiger partial charge is 0.251 e. The number of benzene rings is 1. The number of aliphatic hydroxyl groups excluding tert-OH is 1. The minimum atomic E-state index is -0.665. The van der Waals surface area contributed by atoms with E-state index in [1.807, 2.05) is 44.4 Å². The normalized spacial score (nSPS) is 23.7. The van der Waals surface area contributed by atoms with E-state index in [0.717, 1.165) is 22.4 Å². The average molecular weight is 494 g/mol. The van der Waals surface area contributed by atoms with Crippen LogP contribution in [0.4, 0.5) is 0 Å². The predicted octanol–water partition coefficient (Wildman–Crippen LogP) is 2.62. The van der Waals surface area contributed by atoms with Crippen LogP contribution in [0.15, 0.2) is 48.8 Å². The van der Waals surface area contributed by atoms with Gasteiger partial charge in [-0.3, -0.25) is 13.9 Å². The highest BCUT2D eigenvalue weighted by molar-refractivity contribution is 6.32. The summed E-state index contributed by atoms with van der Waals surface area (Å²) in [6.07, 6.45) is 2.30. The lowest BCUT2D eigenvalue weighted by Gasteiger charge is -2.17. The van der Waals surface area contributed by atoms with Gasteiger partial charge in [0, 0.05) is 36.1 Å². The molecule has 10 heteroatoms. The van der Waals surface area contributed by atoms with Crippen molar-refractivity contribution in [2.45, 2.75) is 31.3 Å². The Morgan fingerprint density at radius 1 is 1.14 bits per heavy atom. The number of rotatable bonds is 4. The van der Waals surface area contributed by atoms with Gasteiger partial charge in [0.15, 0.2) is 0 Å². The van der Waals surface area contributed by atoms with E-state index in [1.165, 1.54) is 0 Å². The number of aliphatic hydroxyl groups is 1. The number of hydrogen-bond donors (Lipinski definition) is 2. The van der Waals surface area contributed by atoms with Crippen molar-refractivity contribution in [3.8, 4) is 22.4 Å². The molecule has 5 heterocycles. The summed E-state index contributed by atoms with van der Waals surface area (Å²) in [6, 6.07) is 11.0. The zero-order chi connectivity index (χ0) is 24.3. The second kappa shape index (κ2) is 8.46. The molecule has 4 aromatic rings. The molecular formula is C25H24ClN5O4. The first-order chi connectivity index (χ1) is 16.9. The number of amides is 1. The molecule has 0 radical (unpaired) electrons. The van der Waals surface area contributed by atoms with Crippen LogP contribution in [0.3, 0.4) is 0 Å². The highest BCUT2D eigenvalue weighted by Crippen LogP contribution is 2.37. The van der Waals surface area contributed by atoms with Crippen LogP contribution in [0.25, 0.3) is 28.0 Å². The van der Waals surface area contributed by atoms with Crippen LogP contribution in [0.1, 0.15) is 16.1 Å². The summed E-state index contributed by atoms with van der Waals surface area (Å²) in [6.45, 7) is 2.48. The van der Waals surface area contributed by atoms with Gasteiger partial charge in [-0.25, -0.2) is 4.98 Å². The van der Waals surface area contributed by atoms with Gasteiger partial charge < -0.3 is 19.9 Å². The Morgan fingerprint density at radius 2 is 1.91 bits per heavy atom. The highest BCUT2D eigenvalue weighted by atomic mass is 35.5. The zero-order valence-electron chi connectivity index (χ0n) is 19.2. The van der Waals surface area contributed by atoms with E-state index in [-0.39, 0.29) is 24.7 Å². The second-order valence-corrected chi connectivity index (χ2v) is 9.34. The van der Waals surface area contributed by atoms with Crippen LogP contribution in [-0.4, -0.2) is 67.7 Å². The molecule has 2 aliphatic heterocycles. The monoisotopic (exact) mass is 493 g/mol. The number of aromatic nitrogens is 4. The van der Waals surface area contributed by atoms with Crippen molar-refractivity contribution in [2.75, 3.05) is 13.2 Å². The maximum Gasteiger partial charge on any atom is 0.251 e. The number of ether oxygens (including phenoxy) is 2. The van der Waals surface area contributed by atoms with Crippen molar-refractivity contribution < 1.29 is 19.4 Å². The van der Waals surface area contributed by atoms with Crippen LogP contribution in [-0.2, 0) is 16.5 Å². The quantitative estimate of drug-likeness (QED) is 0.453. The standard InChI is InChI=1S/C25H24ClN5O4/c1-13-17(10-30(2)29-13)15-5-3-4-6-16(15)21-24(26)31-8-7-14(9-20(31)28-21)25(33)27-18-11-34-23-19(32)12-35-22(18)23/h3-10,18-19,22-23,32H,11-12H2,1-2H3,(H,27,33)/t18-,19-,22-,23-/m1/s1. The average Bonchev–Trinajstić information content (AvgIpc) is 3.59. The Hall–Kier alpha value is -3.24. The summed E-state index contributed by atoms with van der Waals surface area (Å²) in [5.41, 5.74) is 5.42. The third-order valence-electron chi connectivity index (χ3n) is 6.66. The number of halogens is 1. The molecule has 0 bridgehead atoms. The van der Waals surface area contributed by atoms with E-state index in [0.29, 0.717) is 28.7 Å². The van der Waals surface area contributed by atoms with Gasteiger partial charge in [0.25, 0.3) is 5.91 Å². The molecule has 9 nitrogen and oxygen atoms in total. The predicted molar refractivity (Wildman–Crippen MR) is 129 cm³/mol. The molecule has 1 aromatic carbocycles. The van der Waals surface area contributed by atoms with E-state index in [4.69, 9.17) is 26.1 Å². The van der Waals surface area contributed by atoms with Crippen LogP contribution < -0.4 is 5.32 Å². The molecular weight excluding hydrogens is 470 g/mol. The molecule has 3 aromatic heterocycles. The summed E-state index contributed by atoms with van der Waals surface area (Å²) in [5, 5.41) is 17.8. The highest BCUT2D eigenvalue weighted by Gasteiger charge is 2.47. The molecule has 0 unspecified atom stereocenters. The number of hydrogen-bond acceptors (Lipinski definition) is 6. The number of fused-ring (bicyclic) bond motifs is 2. The fourth-order valence-corrected chi connectivity index (χ4v) is 5.26. The molecule has 6 rings (SSSR count). The van der Waals surface area contributed by atoms with Crippen LogP contribution in [0, 0.1) is 6.92 Å². The fraction of sp³-hybridized carbons (Fsp3) is 0.320. The van der Waals surface area contributed by atoms with Gasteiger partial charge in [-0.15, -0.1) is 0 Å². The molecule has 2 aliphatic rings. The fourth-order valence-electron chi connectivity index (χ4n) is 4.97. The first-order valence-corrected chi connectivity index (χ1v) is 11.8. The Morgan fingerprint density at radius 3 is 2.69 bits per heavy atom. The molecule has 35 heavy (non-hydrogen) atoms. The molecule has 4 atom stereocenters. The first kappa shape index (κ1) is 22.2. The SMILES string of the molecule is Cc1nn(C)cc1-c1ccccc1-c1nc2cc(C(=O)N[C@@H]3CO[C@H]4[C@@H]3OC[C@H]4O)ccn2c1Cl. The lowest BCUT2D eigenvalue weighted by Crippen LogP contribution is -2.44. The van der Waals surface area contributed by atoms with Crippen molar-refractivity contribution in [2.24, 2.45) is 7.05 Å². The van der Waals surface area contributed by atoms with Crippen molar-refractivity contribution >= 4 is 23.2 Å². The third-order valence-corrected chi connectivity index (χ3v) is 7.02. The van der Waals surface area contributed by atoms with Gasteiger partial charge in [0.2, 0.25) is 0 Å². The van der Waals surface area contributed by atoms with E-state index < -0.39 is 12.2 Å². The Kier molecular flexibility index (Phi) is 5.37. The number of pyridine rings is 1. The summed E-state index contributed by atoms with van der Waals surface area (Å²) in [5.74, 6) is -0.265. The lowest BCUT2D eigenvalue weighted by molar-refractivity contribution is 0.0178. The molecule has 2 N–H and O–H groups in total. The minimum absolute atomic E-state index is 0.211. The van der Waals surface area contributed by atoms with Crippen molar-refractivity contribution in [3.63, 3.8) is 0 Å². The zero-order valence-corrected chi connectivity index (χ0v) is 19.9. The largest absolute Gasteiger partial charge is 0.388 e. The number of nitrogens with one attached hydrogen (secondary N) is 1. The van der Waals surface area contributed by atoms with Crippen molar-refractivity contribution in [3.05, 3.63) is 65.2 Å². The van der Waals surface area contributed by atoms with Crippen molar-refractivity contribution in [1.82, 2.24) is 24.5 Å². The van der Waals surface area contributed by atoms with Gasteiger partial charge in [-0.1, -0.05) is 35.9 Å². The number of carbonyl (C=O) groups is 1. The molecule has 1 amide bonds. The van der Waals surface area contributed by atoms with E-state index in [2.05, 4.69) is 10.4 Å². The summed E-state index contributed by atoms with van der Waals surface area (Å²) in [7, 11) is 1.89. The summed E-state index contributed by atoms with van der Waals surface area (Å²) >= 11 is 6.76. The number of carbonyl (C=O) groups excluding carboxylic acids is 1. The second-order valence-electron chi connectivity index (χ2n) is 8.99. The molecule has 2 fully saturated rings. The Labute approximate surface area is 206 Å². The number of imidazole rings is 1. The topological polar surface area (TPSA) is 103 Å². The molecule has 0 aliphatic carbocycles. The molecule has 0 saturated carbocycles. The molecule has 2 saturated heterocycles. The van der Waals surface area contributed by atoms with E-state index in [9.17, 15) is 9.90 Å². The van der Waals surface area contributed by atoms with E-state index in [1.54, 1.807) is 27.4 Å². The van der Waals surface area contributed by atoms with Gasteiger partial charge in [-0.05, 0) is 24.6 Å². The number of aryl methyl sites for hydroxylation is 2. The number of nitrogens with zero attached hydrogens (tertiary/aromatic N) is 4. The maximum atomic E-state index is 13.0. The first-order valence-electron chi connectivity index (χ1n) is 11.4. The Bertz CT molecular complexity index is 1450. The third kappa shape index (κ3) is 3.71. The minimum Gasteiger partial charge on any atom is -0.388 e. The Balaban J connectivity index is 1.32. The molecule has 0 spiro atoms. The van der Waals surface area contributed by atoms with Crippen LogP contribution in [0.2, 0.25) is 5.15 Å². The van der Waals surface area contributed by atoms with Gasteiger partial charge in [-0.2, -0.15) is 5.10 Å². The molecule has 180 valence electrons. The van der Waals surface area contributed by atoms with Crippen LogP contribution in [0.5, 0.6) is 0 Å². The van der Waals surface area contributed by atoms with Crippen molar-refractivity contribution in [1.29, 1.82) is 0 Å².